The number of aryl methyl sites for hydroxylation is 3. The van der Waals surface area contributed by atoms with Crippen LogP contribution in [0.15, 0.2) is 25.3 Å². The Bertz CT molecular complexity index is 214. The quantitative estimate of drug-likeness (QED) is 0.462. The van der Waals surface area contributed by atoms with Gasteiger partial charge in [0, 0.05) is 5.69 Å². The SMILES string of the molecule is C=C.Cc1cc(C)c(N)cc1C. The molecular weight excluding hydrogens is 146 g/mol. The van der Waals surface area contributed by atoms with Gasteiger partial charge in [-0.25, -0.2) is 0 Å². The van der Waals surface area contributed by atoms with Crippen molar-refractivity contribution in [3.8, 4) is 0 Å². The second-order valence-corrected chi connectivity index (χ2v) is 2.79. The molecule has 0 fully saturated rings. The number of hydrogen-bond donors (Lipinski definition) is 1. The van der Waals surface area contributed by atoms with E-state index in [1.807, 2.05) is 13.0 Å². The predicted octanol–water partition coefficient (Wildman–Crippen LogP) is 3.00. The van der Waals surface area contributed by atoms with Crippen molar-refractivity contribution >= 4 is 5.69 Å². The minimum Gasteiger partial charge on any atom is -0.399 e. The lowest BCUT2D eigenvalue weighted by Crippen LogP contribution is -1.91. The molecule has 0 spiro atoms. The molecule has 1 rings (SSSR count). The zero-order valence-electron chi connectivity index (χ0n) is 8.15. The minimum absolute atomic E-state index is 0.892. The van der Waals surface area contributed by atoms with E-state index in [0.717, 1.165) is 5.69 Å². The summed E-state index contributed by atoms with van der Waals surface area (Å²) in [7, 11) is 0. The van der Waals surface area contributed by atoms with Crippen LogP contribution in [0.5, 0.6) is 0 Å². The fourth-order valence-corrected chi connectivity index (χ4v) is 0.983. The van der Waals surface area contributed by atoms with Gasteiger partial charge < -0.3 is 5.73 Å². The van der Waals surface area contributed by atoms with Crippen LogP contribution in [0.2, 0.25) is 0 Å². The Hall–Kier alpha value is -1.24. The number of nitrogens with two attached hydrogens (primary N) is 1. The summed E-state index contributed by atoms with van der Waals surface area (Å²) >= 11 is 0. The van der Waals surface area contributed by atoms with Crippen LogP contribution < -0.4 is 5.73 Å². The highest BCUT2D eigenvalue weighted by molar-refractivity contribution is 5.50. The van der Waals surface area contributed by atoms with E-state index in [4.69, 9.17) is 5.73 Å². The van der Waals surface area contributed by atoms with Crippen LogP contribution in [0.3, 0.4) is 0 Å². The number of anilines is 1. The molecule has 0 aliphatic carbocycles. The summed E-state index contributed by atoms with van der Waals surface area (Å²) in [4.78, 5) is 0. The molecule has 0 aromatic heterocycles. The van der Waals surface area contributed by atoms with E-state index < -0.39 is 0 Å². The van der Waals surface area contributed by atoms with Gasteiger partial charge in [0.25, 0.3) is 0 Å². The summed E-state index contributed by atoms with van der Waals surface area (Å²) in [6.07, 6.45) is 0. The van der Waals surface area contributed by atoms with Crippen LogP contribution in [0.4, 0.5) is 5.69 Å². The van der Waals surface area contributed by atoms with E-state index in [2.05, 4.69) is 33.1 Å². The molecule has 0 atom stereocenters. The van der Waals surface area contributed by atoms with Crippen LogP contribution >= 0.6 is 0 Å². The summed E-state index contributed by atoms with van der Waals surface area (Å²) in [5.41, 5.74) is 10.3. The highest BCUT2D eigenvalue weighted by atomic mass is 14.6. The summed E-state index contributed by atoms with van der Waals surface area (Å²) in [6, 6.07) is 4.13. The second kappa shape index (κ2) is 4.60. The molecule has 66 valence electrons. The van der Waals surface area contributed by atoms with Crippen LogP contribution in [0, 0.1) is 20.8 Å². The van der Waals surface area contributed by atoms with E-state index in [1.165, 1.54) is 16.7 Å². The lowest BCUT2D eigenvalue weighted by Gasteiger charge is -2.03. The van der Waals surface area contributed by atoms with E-state index in [1.54, 1.807) is 0 Å². The van der Waals surface area contributed by atoms with Crippen molar-refractivity contribution in [2.24, 2.45) is 0 Å². The van der Waals surface area contributed by atoms with Crippen molar-refractivity contribution in [3.63, 3.8) is 0 Å². The number of nitrogen functional groups attached to an aromatic ring is 1. The molecule has 0 heterocycles. The standard InChI is InChI=1S/C9H13N.C2H4/c1-6-4-8(3)9(10)5-7(6)2;1-2/h4-5H,10H2,1-3H3;1-2H2. The molecule has 0 amide bonds. The largest absolute Gasteiger partial charge is 0.399 e. The molecule has 0 bridgehead atoms. The van der Waals surface area contributed by atoms with Crippen LogP contribution in [-0.4, -0.2) is 0 Å². The molecule has 0 unspecified atom stereocenters. The summed E-state index contributed by atoms with van der Waals surface area (Å²) in [5, 5.41) is 0. The average molecular weight is 163 g/mol. The molecule has 0 radical (unpaired) electrons. The maximum atomic E-state index is 5.69. The molecule has 1 aromatic rings. The highest BCUT2D eigenvalue weighted by Gasteiger charge is 1.95. The lowest BCUT2D eigenvalue weighted by atomic mass is 10.1. The Balaban J connectivity index is 0.000000561. The molecule has 0 saturated carbocycles. The zero-order chi connectivity index (χ0) is 9.72. The molecule has 1 aromatic carbocycles. The Morgan fingerprint density at radius 3 is 1.75 bits per heavy atom. The molecule has 1 heteroatoms. The van der Waals surface area contributed by atoms with E-state index in [9.17, 15) is 0 Å². The van der Waals surface area contributed by atoms with Crippen LogP contribution in [-0.2, 0) is 0 Å². The number of hydrogen-bond acceptors (Lipinski definition) is 1. The van der Waals surface area contributed by atoms with Crippen molar-refractivity contribution in [1.82, 2.24) is 0 Å². The Kier molecular flexibility index (Phi) is 4.12. The average Bonchev–Trinajstić information content (AvgIpc) is 2.05. The Labute approximate surface area is 74.9 Å². The van der Waals surface area contributed by atoms with Gasteiger partial charge in [0.15, 0.2) is 0 Å². The van der Waals surface area contributed by atoms with Gasteiger partial charge in [-0.1, -0.05) is 6.07 Å². The maximum Gasteiger partial charge on any atom is 0.0346 e. The molecule has 12 heavy (non-hydrogen) atoms. The van der Waals surface area contributed by atoms with Gasteiger partial charge in [0.05, 0.1) is 0 Å². The van der Waals surface area contributed by atoms with Crippen molar-refractivity contribution in [2.75, 3.05) is 5.73 Å². The van der Waals surface area contributed by atoms with Gasteiger partial charge in [-0.2, -0.15) is 0 Å². The monoisotopic (exact) mass is 163 g/mol. The third-order valence-corrected chi connectivity index (χ3v) is 1.88. The third kappa shape index (κ3) is 2.42. The van der Waals surface area contributed by atoms with Gasteiger partial charge in [0.2, 0.25) is 0 Å². The van der Waals surface area contributed by atoms with E-state index in [0.29, 0.717) is 0 Å². The molecule has 0 saturated heterocycles. The Morgan fingerprint density at radius 1 is 0.917 bits per heavy atom. The first-order valence-electron chi connectivity index (χ1n) is 3.94. The normalized spacial score (nSPS) is 8.58. The molecule has 1 nitrogen and oxygen atoms in total. The third-order valence-electron chi connectivity index (χ3n) is 1.88. The van der Waals surface area contributed by atoms with Crippen molar-refractivity contribution in [2.45, 2.75) is 20.8 Å². The summed E-state index contributed by atoms with van der Waals surface area (Å²) in [5.74, 6) is 0. The predicted molar refractivity (Wildman–Crippen MR) is 56.3 cm³/mol. The first kappa shape index (κ1) is 10.8. The minimum atomic E-state index is 0.892. The van der Waals surface area contributed by atoms with Gasteiger partial charge >= 0.3 is 0 Å². The molecular formula is C11H17N. The van der Waals surface area contributed by atoms with Gasteiger partial charge in [-0.05, 0) is 43.5 Å². The summed E-state index contributed by atoms with van der Waals surface area (Å²) in [6.45, 7) is 12.2. The summed E-state index contributed by atoms with van der Waals surface area (Å²) < 4.78 is 0. The highest BCUT2D eigenvalue weighted by Crippen LogP contribution is 2.16. The zero-order valence-corrected chi connectivity index (χ0v) is 8.15. The molecule has 2 N–H and O–H groups in total. The van der Waals surface area contributed by atoms with E-state index >= 15 is 0 Å². The second-order valence-electron chi connectivity index (χ2n) is 2.79. The lowest BCUT2D eigenvalue weighted by molar-refractivity contribution is 1.30. The first-order chi connectivity index (χ1) is 5.61. The number of benzene rings is 1. The topological polar surface area (TPSA) is 26.0 Å². The van der Waals surface area contributed by atoms with Crippen LogP contribution in [0.1, 0.15) is 16.7 Å². The van der Waals surface area contributed by atoms with Gasteiger partial charge in [-0.15, -0.1) is 13.2 Å². The van der Waals surface area contributed by atoms with Crippen molar-refractivity contribution < 1.29 is 0 Å². The maximum absolute atomic E-state index is 5.69. The molecule has 0 aliphatic rings. The smallest absolute Gasteiger partial charge is 0.0346 e. The van der Waals surface area contributed by atoms with E-state index in [-0.39, 0.29) is 0 Å². The van der Waals surface area contributed by atoms with Crippen molar-refractivity contribution in [3.05, 3.63) is 42.0 Å². The number of rotatable bonds is 0. The van der Waals surface area contributed by atoms with Crippen LogP contribution in [0.25, 0.3) is 0 Å². The van der Waals surface area contributed by atoms with Gasteiger partial charge in [-0.3, -0.25) is 0 Å². The van der Waals surface area contributed by atoms with Gasteiger partial charge in [0.1, 0.15) is 0 Å². The fraction of sp³-hybridized carbons (Fsp3) is 0.273. The first-order valence-corrected chi connectivity index (χ1v) is 3.94. The molecule has 0 aliphatic heterocycles. The van der Waals surface area contributed by atoms with Crippen molar-refractivity contribution in [1.29, 1.82) is 0 Å². The Morgan fingerprint density at radius 2 is 1.33 bits per heavy atom. The fourth-order valence-electron chi connectivity index (χ4n) is 0.983.